The van der Waals surface area contributed by atoms with Gasteiger partial charge in [0.25, 0.3) is 5.91 Å². The van der Waals surface area contributed by atoms with E-state index in [2.05, 4.69) is 5.32 Å². The summed E-state index contributed by atoms with van der Waals surface area (Å²) in [4.78, 5) is 27.8. The lowest BCUT2D eigenvalue weighted by atomic mass is 10.1. The van der Waals surface area contributed by atoms with Gasteiger partial charge in [0, 0.05) is 31.9 Å². The zero-order valence-corrected chi connectivity index (χ0v) is 20.8. The molecule has 8 nitrogen and oxygen atoms in total. The Morgan fingerprint density at radius 3 is 2.51 bits per heavy atom. The Kier molecular flexibility index (Phi) is 7.48. The largest absolute Gasteiger partial charge is 0.497 e. The number of hydrogen-bond acceptors (Lipinski definition) is 5. The summed E-state index contributed by atoms with van der Waals surface area (Å²) in [5.41, 5.74) is 3.04. The number of anilines is 1. The maximum absolute atomic E-state index is 13.4. The summed E-state index contributed by atoms with van der Waals surface area (Å²) in [6, 6.07) is 11.5. The van der Waals surface area contributed by atoms with Crippen LogP contribution in [0.1, 0.15) is 42.7 Å². The van der Waals surface area contributed by atoms with Gasteiger partial charge in [0.15, 0.2) is 11.5 Å². The van der Waals surface area contributed by atoms with Gasteiger partial charge in [-0.25, -0.2) is 0 Å². The van der Waals surface area contributed by atoms with Crippen LogP contribution in [0, 0.1) is 0 Å². The van der Waals surface area contributed by atoms with Crippen molar-refractivity contribution in [3.05, 3.63) is 47.7 Å². The van der Waals surface area contributed by atoms with Crippen LogP contribution >= 0.6 is 0 Å². The number of fused-ring (bicyclic) bond motifs is 1. The van der Waals surface area contributed by atoms with Crippen molar-refractivity contribution in [1.29, 1.82) is 0 Å². The molecule has 1 aliphatic rings. The van der Waals surface area contributed by atoms with Gasteiger partial charge in [-0.2, -0.15) is 0 Å². The predicted molar refractivity (Wildman–Crippen MR) is 136 cm³/mol. The minimum atomic E-state index is -0.215. The number of aryl methyl sites for hydroxylation is 1. The highest BCUT2D eigenvalue weighted by atomic mass is 16.5. The molecule has 0 saturated carbocycles. The highest BCUT2D eigenvalue weighted by molar-refractivity contribution is 6.14. The van der Waals surface area contributed by atoms with Crippen LogP contribution < -0.4 is 24.4 Å². The zero-order chi connectivity index (χ0) is 24.9. The third-order valence-electron chi connectivity index (χ3n) is 6.25. The number of ether oxygens (including phenoxy) is 3. The highest BCUT2D eigenvalue weighted by Gasteiger charge is 2.31. The van der Waals surface area contributed by atoms with E-state index in [1.54, 1.807) is 12.0 Å². The van der Waals surface area contributed by atoms with Gasteiger partial charge in [-0.1, -0.05) is 6.07 Å². The second-order valence-corrected chi connectivity index (χ2v) is 8.44. The van der Waals surface area contributed by atoms with Gasteiger partial charge in [-0.05, 0) is 62.6 Å². The van der Waals surface area contributed by atoms with E-state index < -0.39 is 0 Å². The van der Waals surface area contributed by atoms with Crippen molar-refractivity contribution < 1.29 is 23.8 Å². The quantitative estimate of drug-likeness (QED) is 0.474. The van der Waals surface area contributed by atoms with Crippen molar-refractivity contribution in [3.8, 4) is 17.2 Å². The van der Waals surface area contributed by atoms with Gasteiger partial charge in [0.1, 0.15) is 11.4 Å². The van der Waals surface area contributed by atoms with Crippen LogP contribution in [0.3, 0.4) is 0 Å². The molecule has 1 aliphatic heterocycles. The number of carbonyl (C=O) groups is 2. The monoisotopic (exact) mass is 479 g/mol. The molecule has 1 N–H and O–H groups in total. The van der Waals surface area contributed by atoms with Crippen LogP contribution in [0.2, 0.25) is 0 Å². The van der Waals surface area contributed by atoms with E-state index in [1.807, 2.05) is 61.9 Å². The first-order valence-corrected chi connectivity index (χ1v) is 12.1. The lowest BCUT2D eigenvalue weighted by molar-refractivity contribution is -0.117. The lowest BCUT2D eigenvalue weighted by Gasteiger charge is -2.18. The third kappa shape index (κ3) is 4.92. The molecule has 2 aromatic carbocycles. The molecular weight excluding hydrogens is 446 g/mol. The summed E-state index contributed by atoms with van der Waals surface area (Å²) < 4.78 is 18.6. The number of carbonyl (C=O) groups excluding carboxylic acids is 2. The van der Waals surface area contributed by atoms with E-state index in [0.717, 1.165) is 22.9 Å². The van der Waals surface area contributed by atoms with Crippen LogP contribution in [0.4, 0.5) is 5.69 Å². The van der Waals surface area contributed by atoms with Crippen molar-refractivity contribution in [1.82, 2.24) is 9.88 Å². The van der Waals surface area contributed by atoms with Gasteiger partial charge in [0.05, 0.1) is 31.5 Å². The van der Waals surface area contributed by atoms with E-state index in [1.165, 1.54) is 0 Å². The number of hydrogen-bond donors (Lipinski definition) is 1. The molecule has 35 heavy (non-hydrogen) atoms. The molecule has 0 bridgehead atoms. The smallest absolute Gasteiger partial charge is 0.270 e. The number of methoxy groups -OCH3 is 1. The number of aromatic nitrogens is 1. The van der Waals surface area contributed by atoms with Gasteiger partial charge in [-0.15, -0.1) is 0 Å². The number of benzene rings is 2. The average molecular weight is 480 g/mol. The summed E-state index contributed by atoms with van der Waals surface area (Å²) in [5.74, 6) is 1.92. The molecule has 1 saturated heterocycles. The Hall–Kier alpha value is -3.68. The molecule has 4 rings (SSSR count). The van der Waals surface area contributed by atoms with Crippen LogP contribution in [0.15, 0.2) is 36.4 Å². The van der Waals surface area contributed by atoms with Crippen LogP contribution in [0.5, 0.6) is 17.2 Å². The molecule has 2 amide bonds. The van der Waals surface area contributed by atoms with Crippen molar-refractivity contribution in [2.24, 2.45) is 7.05 Å². The molecule has 0 unspecified atom stereocenters. The fourth-order valence-electron chi connectivity index (χ4n) is 4.60. The molecule has 2 heterocycles. The number of nitrogens with one attached hydrogen (secondary N) is 1. The number of nitrogens with zero attached hydrogens (tertiary/aromatic N) is 2. The summed E-state index contributed by atoms with van der Waals surface area (Å²) in [7, 11) is 3.46. The second kappa shape index (κ2) is 10.7. The summed E-state index contributed by atoms with van der Waals surface area (Å²) in [6.45, 7) is 6.02. The minimum absolute atomic E-state index is 0.0345. The van der Waals surface area contributed by atoms with Crippen LogP contribution in [-0.4, -0.2) is 49.8 Å². The molecular formula is C27H33N3O5. The van der Waals surface area contributed by atoms with Crippen LogP contribution in [-0.2, 0) is 18.3 Å². The number of amides is 2. The van der Waals surface area contributed by atoms with Crippen molar-refractivity contribution >= 4 is 28.4 Å². The van der Waals surface area contributed by atoms with E-state index in [-0.39, 0.29) is 11.8 Å². The SMILES string of the molecule is CCOc1ccc(CCNC(=O)c2c(N3CCCC3=O)c3cc(OC)ccc3n2C)cc1OCC. The molecule has 186 valence electrons. The average Bonchev–Trinajstić information content (AvgIpc) is 3.40. The Bertz CT molecular complexity index is 1230. The van der Waals surface area contributed by atoms with Gasteiger partial charge >= 0.3 is 0 Å². The standard InChI is InChI=1S/C27H33N3O5/c1-5-34-22-12-9-18(16-23(22)35-6-2)13-14-28-27(32)26-25(30-15-7-8-24(30)31)20-17-19(33-4)10-11-21(20)29(26)3/h9-12,16-17H,5-8,13-15H2,1-4H3,(H,28,32). The van der Waals surface area contributed by atoms with Crippen LogP contribution in [0.25, 0.3) is 10.9 Å². The minimum Gasteiger partial charge on any atom is -0.497 e. The first-order valence-electron chi connectivity index (χ1n) is 12.1. The Morgan fingerprint density at radius 2 is 1.83 bits per heavy atom. The maximum atomic E-state index is 13.4. The summed E-state index contributed by atoms with van der Waals surface area (Å²) in [6.07, 6.45) is 1.90. The second-order valence-electron chi connectivity index (χ2n) is 8.44. The van der Waals surface area contributed by atoms with Gasteiger partial charge in [-0.3, -0.25) is 9.59 Å². The Balaban J connectivity index is 1.58. The molecule has 0 aliphatic carbocycles. The topological polar surface area (TPSA) is 82.0 Å². The zero-order valence-electron chi connectivity index (χ0n) is 20.8. The van der Waals surface area contributed by atoms with E-state index in [4.69, 9.17) is 14.2 Å². The summed E-state index contributed by atoms with van der Waals surface area (Å²) in [5, 5.41) is 3.88. The highest BCUT2D eigenvalue weighted by Crippen LogP contribution is 2.37. The molecule has 0 radical (unpaired) electrons. The first kappa shape index (κ1) is 24.4. The molecule has 1 aromatic heterocycles. The maximum Gasteiger partial charge on any atom is 0.270 e. The van der Waals surface area contributed by atoms with E-state index in [0.29, 0.717) is 67.8 Å². The fourth-order valence-corrected chi connectivity index (χ4v) is 4.60. The molecule has 3 aromatic rings. The van der Waals surface area contributed by atoms with E-state index in [9.17, 15) is 9.59 Å². The third-order valence-corrected chi connectivity index (χ3v) is 6.25. The van der Waals surface area contributed by atoms with Gasteiger partial charge < -0.3 is 29.0 Å². The van der Waals surface area contributed by atoms with Crippen molar-refractivity contribution in [2.75, 3.05) is 38.3 Å². The first-order chi connectivity index (χ1) is 17.0. The number of rotatable bonds is 10. The van der Waals surface area contributed by atoms with Gasteiger partial charge in [0.2, 0.25) is 5.91 Å². The normalized spacial score (nSPS) is 13.4. The molecule has 1 fully saturated rings. The van der Waals surface area contributed by atoms with Crippen molar-refractivity contribution in [2.45, 2.75) is 33.1 Å². The fraction of sp³-hybridized carbons (Fsp3) is 0.407. The molecule has 8 heteroatoms. The predicted octanol–water partition coefficient (Wildman–Crippen LogP) is 4.08. The molecule has 0 spiro atoms. The van der Waals surface area contributed by atoms with Crippen molar-refractivity contribution in [3.63, 3.8) is 0 Å². The Morgan fingerprint density at radius 1 is 1.06 bits per heavy atom. The summed E-state index contributed by atoms with van der Waals surface area (Å²) >= 11 is 0. The lowest BCUT2D eigenvalue weighted by Crippen LogP contribution is -2.31. The van der Waals surface area contributed by atoms with E-state index >= 15 is 0 Å². The molecule has 0 atom stereocenters. The Labute approximate surface area is 205 Å².